The molecular weight excluding hydrogens is 356 g/mol. The zero-order valence-corrected chi connectivity index (χ0v) is 14.9. The molecule has 0 fully saturated rings. The average molecular weight is 374 g/mol. The van der Waals surface area contributed by atoms with E-state index in [4.69, 9.17) is 0 Å². The van der Waals surface area contributed by atoms with Gasteiger partial charge in [-0.25, -0.2) is 4.79 Å². The van der Waals surface area contributed by atoms with Gasteiger partial charge in [-0.3, -0.25) is 9.59 Å². The van der Waals surface area contributed by atoms with Crippen LogP contribution in [-0.2, 0) is 11.2 Å². The minimum Gasteiger partial charge on any atom is -0.478 e. The molecule has 6 nitrogen and oxygen atoms in total. The van der Waals surface area contributed by atoms with Gasteiger partial charge in [-0.1, -0.05) is 48.5 Å². The number of amides is 2. The van der Waals surface area contributed by atoms with Crippen molar-refractivity contribution < 1.29 is 19.5 Å². The van der Waals surface area contributed by atoms with Crippen molar-refractivity contribution in [3.8, 4) is 0 Å². The molecule has 0 aromatic heterocycles. The third-order valence-corrected chi connectivity index (χ3v) is 4.02. The van der Waals surface area contributed by atoms with Crippen LogP contribution in [0.3, 0.4) is 0 Å². The molecule has 28 heavy (non-hydrogen) atoms. The fourth-order valence-corrected chi connectivity index (χ4v) is 2.70. The molecule has 140 valence electrons. The average Bonchev–Trinajstić information content (AvgIpc) is 2.69. The molecule has 0 saturated carbocycles. The Morgan fingerprint density at radius 2 is 1.50 bits per heavy atom. The van der Waals surface area contributed by atoms with E-state index >= 15 is 0 Å². The Labute approximate surface area is 161 Å². The molecule has 0 radical (unpaired) electrons. The van der Waals surface area contributed by atoms with Crippen molar-refractivity contribution in [3.63, 3.8) is 0 Å². The summed E-state index contributed by atoms with van der Waals surface area (Å²) in [5.41, 5.74) is 1.89. The summed E-state index contributed by atoms with van der Waals surface area (Å²) in [5.74, 6) is -1.79. The van der Waals surface area contributed by atoms with Gasteiger partial charge < -0.3 is 15.7 Å². The van der Waals surface area contributed by atoms with E-state index in [2.05, 4.69) is 10.6 Å². The highest BCUT2D eigenvalue weighted by Gasteiger charge is 2.13. The predicted molar refractivity (Wildman–Crippen MR) is 107 cm³/mol. The van der Waals surface area contributed by atoms with Crippen LogP contribution in [0.4, 0.5) is 11.4 Å². The minimum absolute atomic E-state index is 0.00293. The Kier molecular flexibility index (Phi) is 5.81. The number of nitrogens with one attached hydrogen (secondary N) is 2. The van der Waals surface area contributed by atoms with Gasteiger partial charge in [-0.05, 0) is 35.9 Å². The molecule has 6 heteroatoms. The molecule has 3 N–H and O–H groups in total. The summed E-state index contributed by atoms with van der Waals surface area (Å²) >= 11 is 0. The molecule has 3 aromatic rings. The second kappa shape index (κ2) is 8.64. The van der Waals surface area contributed by atoms with Gasteiger partial charge in [0.25, 0.3) is 5.91 Å². The maximum atomic E-state index is 12.5. The van der Waals surface area contributed by atoms with Crippen molar-refractivity contribution in [2.75, 3.05) is 10.6 Å². The van der Waals surface area contributed by atoms with Gasteiger partial charge in [0.2, 0.25) is 5.91 Å². The lowest BCUT2D eigenvalue weighted by molar-refractivity contribution is -0.115. The summed E-state index contributed by atoms with van der Waals surface area (Å²) in [5, 5.41) is 14.6. The van der Waals surface area contributed by atoms with Gasteiger partial charge in [0.1, 0.15) is 0 Å². The van der Waals surface area contributed by atoms with Gasteiger partial charge in [-0.15, -0.1) is 0 Å². The number of benzene rings is 3. The Balaban J connectivity index is 1.70. The number of para-hydroxylation sites is 1. The van der Waals surface area contributed by atoms with Crippen LogP contribution < -0.4 is 10.6 Å². The topological polar surface area (TPSA) is 95.5 Å². The molecule has 0 spiro atoms. The van der Waals surface area contributed by atoms with Crippen molar-refractivity contribution in [2.45, 2.75) is 6.42 Å². The van der Waals surface area contributed by atoms with E-state index in [0.717, 1.165) is 5.56 Å². The molecule has 0 aliphatic carbocycles. The van der Waals surface area contributed by atoms with Crippen LogP contribution in [0.1, 0.15) is 26.3 Å². The monoisotopic (exact) mass is 374 g/mol. The van der Waals surface area contributed by atoms with Gasteiger partial charge in [0.15, 0.2) is 0 Å². The lowest BCUT2D eigenvalue weighted by atomic mass is 10.1. The molecule has 3 aromatic carbocycles. The number of carboxylic acids is 1. The molecule has 0 saturated heterocycles. The number of aromatic carboxylic acids is 1. The van der Waals surface area contributed by atoms with E-state index in [-0.39, 0.29) is 23.6 Å². The van der Waals surface area contributed by atoms with Crippen molar-refractivity contribution in [1.82, 2.24) is 0 Å². The first-order valence-corrected chi connectivity index (χ1v) is 8.60. The summed E-state index contributed by atoms with van der Waals surface area (Å²) in [6, 6.07) is 22.0. The first kappa shape index (κ1) is 18.8. The largest absolute Gasteiger partial charge is 0.478 e. The fourth-order valence-electron chi connectivity index (χ4n) is 2.70. The number of carbonyl (C=O) groups excluding carboxylic acids is 2. The summed E-state index contributed by atoms with van der Waals surface area (Å²) in [6.45, 7) is 0. The number of anilines is 2. The van der Waals surface area contributed by atoms with E-state index in [1.807, 2.05) is 30.3 Å². The van der Waals surface area contributed by atoms with Crippen molar-refractivity contribution in [2.24, 2.45) is 0 Å². The minimum atomic E-state index is -1.13. The van der Waals surface area contributed by atoms with Crippen LogP contribution in [-0.4, -0.2) is 22.9 Å². The SMILES string of the molecule is O=C(Cc1ccccc1)Nc1cccc(C(=O)Nc2ccccc2C(=O)O)c1. The van der Waals surface area contributed by atoms with Crippen molar-refractivity contribution in [3.05, 3.63) is 95.6 Å². The molecule has 0 bridgehead atoms. The molecule has 0 heterocycles. The molecule has 3 rings (SSSR count). The van der Waals surface area contributed by atoms with E-state index in [1.165, 1.54) is 12.1 Å². The molecule has 0 aliphatic heterocycles. The van der Waals surface area contributed by atoms with E-state index < -0.39 is 11.9 Å². The van der Waals surface area contributed by atoms with Crippen LogP contribution in [0.15, 0.2) is 78.9 Å². The predicted octanol–water partition coefficient (Wildman–Crippen LogP) is 3.82. The number of carbonyl (C=O) groups is 3. The summed E-state index contributed by atoms with van der Waals surface area (Å²) in [7, 11) is 0. The van der Waals surface area contributed by atoms with E-state index in [9.17, 15) is 19.5 Å². The van der Waals surface area contributed by atoms with Crippen LogP contribution in [0.2, 0.25) is 0 Å². The second-order valence-corrected chi connectivity index (χ2v) is 6.10. The van der Waals surface area contributed by atoms with E-state index in [0.29, 0.717) is 11.3 Å². The van der Waals surface area contributed by atoms with Crippen molar-refractivity contribution in [1.29, 1.82) is 0 Å². The van der Waals surface area contributed by atoms with Gasteiger partial charge in [0.05, 0.1) is 17.7 Å². The third kappa shape index (κ3) is 4.82. The molecule has 0 aliphatic rings. The number of carboxylic acid groups (broad SMARTS) is 1. The highest BCUT2D eigenvalue weighted by Crippen LogP contribution is 2.18. The Morgan fingerprint density at radius 3 is 2.25 bits per heavy atom. The van der Waals surface area contributed by atoms with Crippen LogP contribution in [0.5, 0.6) is 0 Å². The zero-order chi connectivity index (χ0) is 19.9. The lowest BCUT2D eigenvalue weighted by Crippen LogP contribution is -2.17. The number of hydrogen-bond donors (Lipinski definition) is 3. The molecule has 0 atom stereocenters. The standard InChI is InChI=1S/C22H18N2O4/c25-20(13-15-7-2-1-3-8-15)23-17-10-6-9-16(14-17)21(26)24-19-12-5-4-11-18(19)22(27)28/h1-12,14H,13H2,(H,23,25)(H,24,26)(H,27,28). The molecule has 0 unspecified atom stereocenters. The zero-order valence-electron chi connectivity index (χ0n) is 14.9. The number of rotatable bonds is 6. The van der Waals surface area contributed by atoms with Gasteiger partial charge in [0, 0.05) is 11.3 Å². The third-order valence-electron chi connectivity index (χ3n) is 4.02. The van der Waals surface area contributed by atoms with Crippen LogP contribution in [0.25, 0.3) is 0 Å². The maximum absolute atomic E-state index is 12.5. The normalized spacial score (nSPS) is 10.1. The fraction of sp³-hybridized carbons (Fsp3) is 0.0455. The summed E-state index contributed by atoms with van der Waals surface area (Å²) in [4.78, 5) is 36.0. The lowest BCUT2D eigenvalue weighted by Gasteiger charge is -2.10. The highest BCUT2D eigenvalue weighted by atomic mass is 16.4. The Hall–Kier alpha value is -3.93. The highest BCUT2D eigenvalue weighted by molar-refractivity contribution is 6.08. The van der Waals surface area contributed by atoms with E-state index in [1.54, 1.807) is 36.4 Å². The van der Waals surface area contributed by atoms with Crippen LogP contribution >= 0.6 is 0 Å². The first-order valence-electron chi connectivity index (χ1n) is 8.60. The second-order valence-electron chi connectivity index (χ2n) is 6.10. The van der Waals surface area contributed by atoms with Crippen molar-refractivity contribution >= 4 is 29.2 Å². The van der Waals surface area contributed by atoms with Crippen LogP contribution in [0, 0.1) is 0 Å². The Bertz CT molecular complexity index is 1020. The first-order chi connectivity index (χ1) is 13.5. The summed E-state index contributed by atoms with van der Waals surface area (Å²) < 4.78 is 0. The smallest absolute Gasteiger partial charge is 0.337 e. The summed E-state index contributed by atoms with van der Waals surface area (Å²) in [6.07, 6.45) is 0.225. The van der Waals surface area contributed by atoms with Gasteiger partial charge >= 0.3 is 5.97 Å². The maximum Gasteiger partial charge on any atom is 0.337 e. The molecule has 2 amide bonds. The Morgan fingerprint density at radius 1 is 0.786 bits per heavy atom. The van der Waals surface area contributed by atoms with Gasteiger partial charge in [-0.2, -0.15) is 0 Å². The quantitative estimate of drug-likeness (QED) is 0.611. The number of hydrogen-bond acceptors (Lipinski definition) is 3. The molecular formula is C22H18N2O4.